The van der Waals surface area contributed by atoms with Crippen molar-refractivity contribution in [2.45, 2.75) is 34.6 Å². The molecule has 0 aromatic heterocycles. The number of rotatable bonds is 5. The van der Waals surface area contributed by atoms with Crippen LogP contribution in [0.5, 0.6) is 0 Å². The first kappa shape index (κ1) is 24.7. The van der Waals surface area contributed by atoms with Gasteiger partial charge >= 0.3 is 0 Å². The summed E-state index contributed by atoms with van der Waals surface area (Å²) in [6.45, 7) is 7.44. The Kier molecular flexibility index (Phi) is 32.3. The second-order valence-electron chi connectivity index (χ2n) is 3.18. The molecular formula is C9H22OPY2-. The zero-order valence-electron chi connectivity index (χ0n) is 8.29. The van der Waals surface area contributed by atoms with Crippen LogP contribution in [0.4, 0.5) is 0 Å². The Morgan fingerprint density at radius 1 is 1.23 bits per heavy atom. The summed E-state index contributed by atoms with van der Waals surface area (Å²) < 4.78 is 4.92. The Morgan fingerprint density at radius 2 is 1.69 bits per heavy atom. The summed E-state index contributed by atoms with van der Waals surface area (Å²) in [5.74, 6) is 1.35. The molecular weight excluding hydrogens is 333 g/mol. The fraction of sp³-hybridized carbons (Fsp3) is 0.889. The zero-order valence-corrected chi connectivity index (χ0v) is 15.1. The molecule has 0 aromatic carbocycles. The van der Waals surface area contributed by atoms with Gasteiger partial charge in [0.25, 0.3) is 0 Å². The van der Waals surface area contributed by atoms with E-state index in [1.807, 2.05) is 0 Å². The van der Waals surface area contributed by atoms with Crippen molar-refractivity contribution in [2.75, 3.05) is 6.61 Å². The van der Waals surface area contributed by atoms with E-state index >= 15 is 0 Å². The molecule has 0 fully saturated rings. The molecule has 0 bridgehead atoms. The van der Waals surface area contributed by atoms with Crippen molar-refractivity contribution in [3.63, 3.8) is 0 Å². The molecule has 0 amide bonds. The van der Waals surface area contributed by atoms with Gasteiger partial charge in [-0.25, -0.2) is 0 Å². The first-order valence-electron chi connectivity index (χ1n) is 3.81. The van der Waals surface area contributed by atoms with Crippen LogP contribution in [-0.4, -0.2) is 6.61 Å². The van der Waals surface area contributed by atoms with Crippen LogP contribution < -0.4 is 0 Å². The standard InChI is InChI=1S/C8H18OP.CH4.2Y/c1-7(2)4-5-8(3)6-9-10;;;/h5,7-8H,4,6,10H2,1-3H3;1H4;;/q-1;;;. The maximum absolute atomic E-state index is 4.92. The molecule has 76 valence electrons. The van der Waals surface area contributed by atoms with Gasteiger partial charge in [-0.15, -0.1) is 5.92 Å². The van der Waals surface area contributed by atoms with Gasteiger partial charge in [0.15, 0.2) is 0 Å². The van der Waals surface area contributed by atoms with E-state index in [-0.39, 0.29) is 72.8 Å². The molecule has 0 aliphatic carbocycles. The fourth-order valence-corrected chi connectivity index (χ4v) is 1.03. The van der Waals surface area contributed by atoms with Crippen LogP contribution in [0.3, 0.4) is 0 Å². The van der Waals surface area contributed by atoms with Crippen molar-refractivity contribution < 1.29 is 69.9 Å². The second-order valence-corrected chi connectivity index (χ2v) is 3.51. The van der Waals surface area contributed by atoms with Crippen LogP contribution in [0.25, 0.3) is 0 Å². The third kappa shape index (κ3) is 20.6. The van der Waals surface area contributed by atoms with Crippen molar-refractivity contribution in [2.24, 2.45) is 11.8 Å². The third-order valence-electron chi connectivity index (χ3n) is 1.37. The van der Waals surface area contributed by atoms with Crippen LogP contribution in [0, 0.1) is 18.3 Å². The molecule has 2 atom stereocenters. The second kappa shape index (κ2) is 17.0. The fourth-order valence-electron chi connectivity index (χ4n) is 0.724. The van der Waals surface area contributed by atoms with Crippen molar-refractivity contribution in [3.05, 3.63) is 6.42 Å². The molecule has 1 nitrogen and oxygen atoms in total. The van der Waals surface area contributed by atoms with E-state index in [4.69, 9.17) is 4.52 Å². The summed E-state index contributed by atoms with van der Waals surface area (Å²) in [6, 6.07) is 0. The maximum Gasteiger partial charge on any atom is 0.0257 e. The van der Waals surface area contributed by atoms with E-state index in [9.17, 15) is 0 Å². The average molecular weight is 355 g/mol. The molecule has 4 heteroatoms. The molecule has 0 heterocycles. The molecule has 0 saturated heterocycles. The molecule has 0 aromatic rings. The van der Waals surface area contributed by atoms with Crippen LogP contribution in [0.1, 0.15) is 34.6 Å². The van der Waals surface area contributed by atoms with Crippen LogP contribution in [-0.2, 0) is 69.9 Å². The summed E-state index contributed by atoms with van der Waals surface area (Å²) in [5, 5.41) is 0. The predicted molar refractivity (Wildman–Crippen MR) is 55.3 cm³/mol. The first-order chi connectivity index (χ1) is 4.66. The maximum atomic E-state index is 4.92. The topological polar surface area (TPSA) is 9.23 Å². The van der Waals surface area contributed by atoms with Gasteiger partial charge in [0.1, 0.15) is 0 Å². The SMILES string of the molecule is C.CC(C)C[CH-]C(C)COP.[Y].[Y]. The predicted octanol–water partition coefficient (Wildman–Crippen LogP) is 3.31. The average Bonchev–Trinajstić information content (AvgIpc) is 1.85. The van der Waals surface area contributed by atoms with Crippen molar-refractivity contribution in [1.29, 1.82) is 0 Å². The third-order valence-corrected chi connectivity index (χ3v) is 1.56. The van der Waals surface area contributed by atoms with Crippen molar-refractivity contribution >= 4 is 9.47 Å². The van der Waals surface area contributed by atoms with E-state index < -0.39 is 0 Å². The minimum absolute atomic E-state index is 0. The molecule has 0 spiro atoms. The molecule has 0 aliphatic rings. The summed E-state index contributed by atoms with van der Waals surface area (Å²) in [5.41, 5.74) is 0. The molecule has 2 unspecified atom stereocenters. The van der Waals surface area contributed by atoms with Gasteiger partial charge in [-0.05, 0) is 0 Å². The largest absolute Gasteiger partial charge is 0.368 e. The number of hydrogen-bond acceptors (Lipinski definition) is 1. The summed E-state index contributed by atoms with van der Waals surface area (Å²) in [7, 11) is 2.28. The monoisotopic (exact) mass is 355 g/mol. The quantitative estimate of drug-likeness (QED) is 0.543. The molecule has 0 N–H and O–H groups in total. The molecule has 0 rings (SSSR count). The van der Waals surface area contributed by atoms with Gasteiger partial charge in [0.05, 0.1) is 0 Å². The molecule has 2 radical (unpaired) electrons. The minimum Gasteiger partial charge on any atom is -0.368 e. The Bertz CT molecular complexity index is 82.0. The van der Waals surface area contributed by atoms with Gasteiger partial charge in [-0.2, -0.15) is 6.42 Å². The normalized spacial score (nSPS) is 10.8. The minimum atomic E-state index is 0. The van der Waals surface area contributed by atoms with E-state index in [0.29, 0.717) is 5.92 Å². The van der Waals surface area contributed by atoms with Gasteiger partial charge in [0.2, 0.25) is 0 Å². The van der Waals surface area contributed by atoms with Gasteiger partial charge in [0, 0.05) is 81.5 Å². The number of hydrogen-bond donors (Lipinski definition) is 0. The Balaban J connectivity index is -0.000000135. The van der Waals surface area contributed by atoms with E-state index in [2.05, 4.69) is 36.7 Å². The van der Waals surface area contributed by atoms with Gasteiger partial charge in [-0.3, -0.25) is 0 Å². The summed E-state index contributed by atoms with van der Waals surface area (Å²) in [6.07, 6.45) is 3.50. The summed E-state index contributed by atoms with van der Waals surface area (Å²) in [4.78, 5) is 0. The molecule has 0 aliphatic heterocycles. The molecule has 0 saturated carbocycles. The van der Waals surface area contributed by atoms with Crippen molar-refractivity contribution in [1.82, 2.24) is 0 Å². The first-order valence-corrected chi connectivity index (χ1v) is 4.29. The zero-order chi connectivity index (χ0) is 7.98. The Hall–Kier alpha value is 2.60. The smallest absolute Gasteiger partial charge is 0.0257 e. The van der Waals surface area contributed by atoms with Gasteiger partial charge in [-0.1, -0.05) is 34.1 Å². The van der Waals surface area contributed by atoms with E-state index in [0.717, 1.165) is 12.5 Å². The van der Waals surface area contributed by atoms with Crippen molar-refractivity contribution in [3.8, 4) is 0 Å². The van der Waals surface area contributed by atoms with E-state index in [1.165, 1.54) is 6.42 Å². The molecule has 13 heavy (non-hydrogen) atoms. The summed E-state index contributed by atoms with van der Waals surface area (Å²) >= 11 is 0. The Morgan fingerprint density at radius 3 is 2.00 bits per heavy atom. The van der Waals surface area contributed by atoms with Gasteiger partial charge < -0.3 is 10.9 Å². The van der Waals surface area contributed by atoms with Crippen LogP contribution in [0.15, 0.2) is 0 Å². The van der Waals surface area contributed by atoms with Crippen LogP contribution >= 0.6 is 9.47 Å². The van der Waals surface area contributed by atoms with Crippen LogP contribution in [0.2, 0.25) is 0 Å². The Labute approximate surface area is 137 Å². The van der Waals surface area contributed by atoms with E-state index in [1.54, 1.807) is 0 Å².